The summed E-state index contributed by atoms with van der Waals surface area (Å²) in [6, 6.07) is 68.6. The van der Waals surface area contributed by atoms with Crippen LogP contribution < -0.4 is 0 Å². The van der Waals surface area contributed by atoms with E-state index in [4.69, 9.17) is 23.7 Å². The van der Waals surface area contributed by atoms with Gasteiger partial charge in [0, 0.05) is 13.8 Å². The first kappa shape index (κ1) is 74.8. The van der Waals surface area contributed by atoms with E-state index in [9.17, 15) is 41.6 Å². The van der Waals surface area contributed by atoms with E-state index in [2.05, 4.69) is 265 Å². The van der Waals surface area contributed by atoms with Gasteiger partial charge in [-0.05, 0) is 0 Å². The Morgan fingerprint density at radius 2 is 0.685 bits per heavy atom. The molecule has 6 aromatic rings. The van der Waals surface area contributed by atoms with Crippen LogP contribution in [0.2, 0.25) is 26.6 Å². The first-order valence-corrected chi connectivity index (χ1v) is 46.9. The number of carbonyl (C=O) groups is 2. The Kier molecular flexibility index (Phi) is 25.3. The van der Waals surface area contributed by atoms with E-state index < -0.39 is 124 Å². The molecule has 2 heterocycles. The standard InChI is InChI=1S/C16H26O13.6C10H13.O.2Sn/c1-6(20)25-13-12(24)10(22)8(3-17)27-15(13)29-16(5-19)14(26-7(2)21)11(23)9(4-18)28-16;6*1-10(2,3)9-7-5-4-6-8-9;;;/h8-15,17-19,22-24H,3-5H2,1-2H3;6*4-8H,1H2,2-3H3;;;/t8-,9-,10-,11-,12+,13-,14+,15-,16+;;;;;;;;;/m1........./s1. The summed E-state index contributed by atoms with van der Waals surface area (Å²) in [6.45, 7) is 30.0. The number of esters is 2. The molecule has 2 aliphatic rings. The summed E-state index contributed by atoms with van der Waals surface area (Å²) in [5.41, 5.74) is 7.98. The van der Waals surface area contributed by atoms with Crippen molar-refractivity contribution < 1.29 is 65.3 Å². The molecule has 0 aliphatic carbocycles. The number of hydrogen-bond donors (Lipinski definition) is 6. The Bertz CT molecular complexity index is 2810. The molecule has 92 heavy (non-hydrogen) atoms. The number of aliphatic hydroxyl groups excluding tert-OH is 6. The topological polar surface area (TPSA) is 211 Å². The summed E-state index contributed by atoms with van der Waals surface area (Å²) in [4.78, 5) is 22.9. The van der Waals surface area contributed by atoms with Crippen molar-refractivity contribution in [2.24, 2.45) is 0 Å². The van der Waals surface area contributed by atoms with Crippen LogP contribution in [0.15, 0.2) is 182 Å². The molecule has 8 rings (SSSR count). The van der Waals surface area contributed by atoms with Crippen molar-refractivity contribution >= 4 is 49.5 Å². The van der Waals surface area contributed by atoms with Crippen molar-refractivity contribution in [1.82, 2.24) is 0 Å². The summed E-state index contributed by atoms with van der Waals surface area (Å²) in [5, 5.41) is 59.2. The third kappa shape index (κ3) is 18.7. The summed E-state index contributed by atoms with van der Waals surface area (Å²) in [6.07, 6.45) is -12.6. The molecule has 0 aromatic heterocycles. The van der Waals surface area contributed by atoms with Gasteiger partial charge in [-0.2, -0.15) is 0 Å². The van der Waals surface area contributed by atoms with Gasteiger partial charge in [-0.15, -0.1) is 0 Å². The molecule has 6 N–H and O–H groups in total. The normalized spacial score (nSPS) is 22.7. The van der Waals surface area contributed by atoms with Gasteiger partial charge in [-0.1, -0.05) is 0 Å². The molecule has 9 atom stereocenters. The molecule has 0 unspecified atom stereocenters. The van der Waals surface area contributed by atoms with E-state index >= 15 is 0 Å². The average Bonchev–Trinajstić information content (AvgIpc) is 0.900. The first-order valence-electron chi connectivity index (χ1n) is 32.4. The summed E-state index contributed by atoms with van der Waals surface area (Å²) in [7, 11) is 0. The van der Waals surface area contributed by atoms with E-state index in [1.807, 2.05) is 0 Å². The van der Waals surface area contributed by atoms with Gasteiger partial charge in [-0.25, -0.2) is 0 Å². The molecule has 2 fully saturated rings. The van der Waals surface area contributed by atoms with Gasteiger partial charge in [0.1, 0.15) is 37.1 Å². The summed E-state index contributed by atoms with van der Waals surface area (Å²) in [5.74, 6) is -4.00. The minimum atomic E-state index is -4.11. The molecule has 16 heteroatoms. The van der Waals surface area contributed by atoms with Gasteiger partial charge in [0.2, 0.25) is 12.1 Å². The number of ether oxygens (including phenoxy) is 5. The Morgan fingerprint density at radius 3 is 0.924 bits per heavy atom. The summed E-state index contributed by atoms with van der Waals surface area (Å²) < 4.78 is 42.3. The van der Waals surface area contributed by atoms with Crippen LogP contribution in [-0.4, -0.2) is 155 Å². The van der Waals surface area contributed by atoms with Gasteiger partial charge in [-0.3, -0.25) is 9.59 Å². The quantitative estimate of drug-likeness (QED) is 0.0209. The SMILES string of the molecule is CC(=O)O[C@H]1[C@@H](O[C@]2(CO)O[C@H](CO)[C@@H](O)[C@@H]2OC(C)=O)O[C@H](CO)[C@@H](O)[C@@H]1O.CC(C)([CH2][Sn]([CH2]C(C)(C)c1ccccc1)([CH2]C(C)(C)c1ccccc1)[O][Sn]([CH2]C(C)(C)c1ccccc1)([CH2]C(C)(C)c1ccccc1)[CH2]C(C)(C)c1ccccc1)c1ccccc1. The zero-order valence-corrected chi connectivity index (χ0v) is 62.5. The number of carbonyl (C=O) groups excluding carboxylic acids is 2. The van der Waals surface area contributed by atoms with Crippen LogP contribution in [0.1, 0.15) is 130 Å². The second kappa shape index (κ2) is 31.1. The number of benzene rings is 6. The summed E-state index contributed by atoms with van der Waals surface area (Å²) >= 11 is -8.23. The molecule has 0 spiro atoms. The van der Waals surface area contributed by atoms with Gasteiger partial charge >= 0.3 is 408 Å². The van der Waals surface area contributed by atoms with Gasteiger partial charge in [0.05, 0.1) is 13.2 Å². The van der Waals surface area contributed by atoms with Crippen LogP contribution in [0.3, 0.4) is 0 Å². The second-order valence-corrected chi connectivity index (χ2v) is 53.8. The Hall–Kier alpha value is -4.54. The van der Waals surface area contributed by atoms with E-state index in [0.29, 0.717) is 0 Å². The minimum absolute atomic E-state index is 0.0900. The zero-order chi connectivity index (χ0) is 67.6. The van der Waals surface area contributed by atoms with Crippen LogP contribution in [0.5, 0.6) is 0 Å². The van der Waals surface area contributed by atoms with Gasteiger partial charge < -0.3 is 54.3 Å². The molecule has 14 nitrogen and oxygen atoms in total. The molecule has 6 aromatic carbocycles. The van der Waals surface area contributed by atoms with E-state index in [1.165, 1.54) is 33.4 Å². The molecule has 0 radical (unpaired) electrons. The van der Waals surface area contributed by atoms with E-state index in [-0.39, 0.29) is 32.5 Å². The predicted octanol–water partition coefficient (Wildman–Crippen LogP) is 12.5. The molecule has 500 valence electrons. The molecule has 0 amide bonds. The van der Waals surface area contributed by atoms with Crippen LogP contribution >= 0.6 is 0 Å². The fourth-order valence-corrected chi connectivity index (χ4v) is 78.0. The Balaban J connectivity index is 0.000000346. The van der Waals surface area contributed by atoms with Crippen molar-refractivity contribution in [2.45, 2.75) is 211 Å². The molecule has 0 saturated carbocycles. The first-order chi connectivity index (χ1) is 43.2. The van der Waals surface area contributed by atoms with Gasteiger partial charge in [0.15, 0.2) is 12.2 Å². The van der Waals surface area contributed by atoms with Gasteiger partial charge in [0.25, 0.3) is 0 Å². The number of rotatable bonds is 27. The maximum atomic E-state index is 11.4. The molecular formula is C76H104O14Sn2. The maximum absolute atomic E-state index is 11.4. The Labute approximate surface area is 556 Å². The van der Waals surface area contributed by atoms with Crippen LogP contribution in [-0.2, 0) is 67.2 Å². The van der Waals surface area contributed by atoms with Crippen LogP contribution in [0.25, 0.3) is 0 Å². The van der Waals surface area contributed by atoms with Crippen molar-refractivity contribution in [3.8, 4) is 0 Å². The van der Waals surface area contributed by atoms with Crippen LogP contribution in [0, 0.1) is 0 Å². The second-order valence-electron chi connectivity index (χ2n) is 29.8. The third-order valence-electron chi connectivity index (χ3n) is 19.0. The van der Waals surface area contributed by atoms with Crippen molar-refractivity contribution in [1.29, 1.82) is 0 Å². The van der Waals surface area contributed by atoms with Crippen LogP contribution in [0.4, 0.5) is 0 Å². The monoisotopic (exact) mass is 1480 g/mol. The molecule has 2 aliphatic heterocycles. The zero-order valence-electron chi connectivity index (χ0n) is 56.8. The molecule has 2 saturated heterocycles. The number of aliphatic hydroxyl groups is 6. The molecule has 0 bridgehead atoms. The average molecular weight is 1480 g/mol. The third-order valence-corrected chi connectivity index (χ3v) is 64.2. The van der Waals surface area contributed by atoms with E-state index in [1.54, 1.807) is 0 Å². The fraction of sp³-hybridized carbons (Fsp3) is 0.500. The fourth-order valence-electron chi connectivity index (χ4n) is 15.1. The van der Waals surface area contributed by atoms with E-state index in [0.717, 1.165) is 40.5 Å². The number of hydrogen-bond acceptors (Lipinski definition) is 14. The predicted molar refractivity (Wildman–Crippen MR) is 366 cm³/mol. The van der Waals surface area contributed by atoms with Crippen molar-refractivity contribution in [3.05, 3.63) is 215 Å². The Morgan fingerprint density at radius 1 is 0.413 bits per heavy atom. The van der Waals surface area contributed by atoms with Crippen molar-refractivity contribution in [2.75, 3.05) is 19.8 Å². The molecular weight excluding hydrogens is 1370 g/mol. The van der Waals surface area contributed by atoms with Crippen molar-refractivity contribution in [3.63, 3.8) is 0 Å².